The second-order valence-electron chi connectivity index (χ2n) is 8.23. The van der Waals surface area contributed by atoms with E-state index in [9.17, 15) is 22.4 Å². The first-order chi connectivity index (χ1) is 15.6. The molecule has 0 unspecified atom stereocenters. The van der Waals surface area contributed by atoms with Gasteiger partial charge in [-0.3, -0.25) is 14.5 Å². The number of piperidine rings is 1. The van der Waals surface area contributed by atoms with Gasteiger partial charge in [-0.1, -0.05) is 12.1 Å². The van der Waals surface area contributed by atoms with Gasteiger partial charge >= 0.3 is 0 Å². The van der Waals surface area contributed by atoms with Gasteiger partial charge in [0.25, 0.3) is 0 Å². The molecule has 0 saturated carbocycles. The maximum absolute atomic E-state index is 13.0. The number of carbonyl (C=O) groups is 2. The average Bonchev–Trinajstić information content (AvgIpc) is 2.76. The third-order valence-corrected chi connectivity index (χ3v) is 7.02. The van der Waals surface area contributed by atoms with Gasteiger partial charge in [-0.15, -0.1) is 0 Å². The maximum atomic E-state index is 13.0. The number of halogens is 1. The Morgan fingerprint density at radius 3 is 2.24 bits per heavy atom. The molecule has 0 spiro atoms. The van der Waals surface area contributed by atoms with Crippen molar-refractivity contribution in [3.8, 4) is 0 Å². The zero-order valence-electron chi connectivity index (χ0n) is 18.7. The number of benzene rings is 2. The number of carbonyl (C=O) groups excluding carboxylic acids is 2. The van der Waals surface area contributed by atoms with Gasteiger partial charge in [-0.05, 0) is 61.7 Å². The number of hydrogen-bond donors (Lipinski definition) is 3. The van der Waals surface area contributed by atoms with Gasteiger partial charge in [0.1, 0.15) is 5.82 Å². The number of amides is 2. The fraction of sp³-hybridized carbons (Fsp3) is 0.391. The van der Waals surface area contributed by atoms with Crippen LogP contribution in [0.4, 0.5) is 10.1 Å². The number of sulfonamides is 1. The van der Waals surface area contributed by atoms with Crippen molar-refractivity contribution in [2.45, 2.75) is 50.2 Å². The highest BCUT2D eigenvalue weighted by Gasteiger charge is 2.26. The van der Waals surface area contributed by atoms with Crippen LogP contribution in [-0.2, 0) is 26.2 Å². The lowest BCUT2D eigenvalue weighted by atomic mass is 10.0. The van der Waals surface area contributed by atoms with E-state index >= 15 is 0 Å². The molecule has 2 aromatic carbocycles. The summed E-state index contributed by atoms with van der Waals surface area (Å²) in [5.41, 5.74) is 1.52. The van der Waals surface area contributed by atoms with Crippen LogP contribution in [0.1, 0.15) is 32.3 Å². The van der Waals surface area contributed by atoms with Crippen molar-refractivity contribution in [1.29, 1.82) is 0 Å². The van der Waals surface area contributed by atoms with Gasteiger partial charge in [-0.25, -0.2) is 12.8 Å². The van der Waals surface area contributed by atoms with E-state index in [1.165, 1.54) is 50.2 Å². The molecule has 0 aromatic heterocycles. The molecule has 2 aromatic rings. The second-order valence-corrected chi connectivity index (χ2v) is 9.95. The predicted octanol–water partition coefficient (Wildman–Crippen LogP) is 2.23. The van der Waals surface area contributed by atoms with Crippen LogP contribution >= 0.6 is 0 Å². The van der Waals surface area contributed by atoms with E-state index in [-0.39, 0.29) is 28.6 Å². The Morgan fingerprint density at radius 2 is 1.67 bits per heavy atom. The SMILES string of the molecule is CC(=O)Nc1ccc(S(=O)(=O)N[C@@H](C)C(=O)NC2CCN(Cc3ccc(F)cc3)CC2)cc1. The lowest BCUT2D eigenvalue weighted by molar-refractivity contribution is -0.123. The van der Waals surface area contributed by atoms with Crippen molar-refractivity contribution in [2.24, 2.45) is 0 Å². The molecule has 3 rings (SSSR count). The summed E-state index contributed by atoms with van der Waals surface area (Å²) < 4.78 is 40.7. The minimum atomic E-state index is -3.90. The summed E-state index contributed by atoms with van der Waals surface area (Å²) >= 11 is 0. The van der Waals surface area contributed by atoms with E-state index in [1.54, 1.807) is 12.1 Å². The van der Waals surface area contributed by atoms with Crippen LogP contribution in [0.25, 0.3) is 0 Å². The fourth-order valence-electron chi connectivity index (χ4n) is 3.68. The molecule has 1 saturated heterocycles. The fourth-order valence-corrected chi connectivity index (χ4v) is 4.89. The van der Waals surface area contributed by atoms with E-state index in [4.69, 9.17) is 0 Å². The zero-order chi connectivity index (χ0) is 24.0. The van der Waals surface area contributed by atoms with Crippen molar-refractivity contribution in [2.75, 3.05) is 18.4 Å². The lowest BCUT2D eigenvalue weighted by Crippen LogP contribution is -2.50. The first-order valence-corrected chi connectivity index (χ1v) is 12.3. The predicted molar refractivity (Wildman–Crippen MR) is 123 cm³/mol. The van der Waals surface area contributed by atoms with Gasteiger partial charge in [0.05, 0.1) is 10.9 Å². The highest BCUT2D eigenvalue weighted by atomic mass is 32.2. The third kappa shape index (κ3) is 7.34. The van der Waals surface area contributed by atoms with Gasteiger partial charge in [0.15, 0.2) is 0 Å². The van der Waals surface area contributed by atoms with Crippen LogP contribution in [0, 0.1) is 5.82 Å². The molecule has 2 amide bonds. The number of hydrogen-bond acceptors (Lipinski definition) is 5. The van der Waals surface area contributed by atoms with Gasteiger partial charge < -0.3 is 10.6 Å². The van der Waals surface area contributed by atoms with Crippen LogP contribution in [0.2, 0.25) is 0 Å². The summed E-state index contributed by atoms with van der Waals surface area (Å²) in [5, 5.41) is 5.50. The topological polar surface area (TPSA) is 108 Å². The molecular weight excluding hydrogens is 447 g/mol. The number of rotatable bonds is 8. The number of anilines is 1. The zero-order valence-corrected chi connectivity index (χ0v) is 19.5. The summed E-state index contributed by atoms with van der Waals surface area (Å²) in [6.45, 7) is 5.15. The Bertz CT molecular complexity index is 1070. The minimum Gasteiger partial charge on any atom is -0.352 e. The van der Waals surface area contributed by atoms with Crippen molar-refractivity contribution in [3.63, 3.8) is 0 Å². The first kappa shape index (κ1) is 24.8. The smallest absolute Gasteiger partial charge is 0.241 e. The number of nitrogens with zero attached hydrogens (tertiary/aromatic N) is 1. The van der Waals surface area contributed by atoms with Crippen molar-refractivity contribution < 1.29 is 22.4 Å². The Kier molecular flexibility index (Phi) is 8.17. The van der Waals surface area contributed by atoms with E-state index in [1.807, 2.05) is 0 Å². The van der Waals surface area contributed by atoms with E-state index < -0.39 is 16.1 Å². The standard InChI is InChI=1S/C23H29FN4O4S/c1-16(27-33(31,32)22-9-7-20(8-10-22)25-17(2)29)23(30)26-21-11-13-28(14-12-21)15-18-3-5-19(24)6-4-18/h3-10,16,21,27H,11-15H2,1-2H3,(H,25,29)(H,26,30)/t16-/m0/s1. The highest BCUT2D eigenvalue weighted by Crippen LogP contribution is 2.16. The van der Waals surface area contributed by atoms with E-state index in [0.717, 1.165) is 38.0 Å². The van der Waals surface area contributed by atoms with Crippen LogP contribution < -0.4 is 15.4 Å². The molecule has 0 aliphatic carbocycles. The van der Waals surface area contributed by atoms with Crippen LogP contribution in [-0.4, -0.2) is 50.3 Å². The van der Waals surface area contributed by atoms with Crippen molar-refractivity contribution in [3.05, 3.63) is 59.9 Å². The van der Waals surface area contributed by atoms with Crippen molar-refractivity contribution in [1.82, 2.24) is 14.9 Å². The maximum Gasteiger partial charge on any atom is 0.241 e. The van der Waals surface area contributed by atoms with E-state index in [0.29, 0.717) is 5.69 Å². The van der Waals surface area contributed by atoms with Gasteiger partial charge in [0, 0.05) is 38.3 Å². The first-order valence-electron chi connectivity index (χ1n) is 10.8. The van der Waals surface area contributed by atoms with Crippen molar-refractivity contribution >= 4 is 27.5 Å². The molecular formula is C23H29FN4O4S. The molecule has 1 aliphatic heterocycles. The molecule has 1 fully saturated rings. The molecule has 33 heavy (non-hydrogen) atoms. The number of nitrogens with one attached hydrogen (secondary N) is 3. The van der Waals surface area contributed by atoms with Crippen LogP contribution in [0.15, 0.2) is 53.4 Å². The molecule has 178 valence electrons. The molecule has 3 N–H and O–H groups in total. The summed E-state index contributed by atoms with van der Waals surface area (Å²) in [6, 6.07) is 11.2. The van der Waals surface area contributed by atoms with Crippen LogP contribution in [0.5, 0.6) is 0 Å². The quantitative estimate of drug-likeness (QED) is 0.542. The normalized spacial score (nSPS) is 16.2. The molecule has 1 aliphatic rings. The Morgan fingerprint density at radius 1 is 1.06 bits per heavy atom. The summed E-state index contributed by atoms with van der Waals surface area (Å²) in [7, 11) is -3.90. The number of likely N-dealkylation sites (tertiary alicyclic amines) is 1. The monoisotopic (exact) mass is 476 g/mol. The van der Waals surface area contributed by atoms with Gasteiger partial charge in [-0.2, -0.15) is 4.72 Å². The lowest BCUT2D eigenvalue weighted by Gasteiger charge is -2.33. The Hall–Kier alpha value is -2.82. The molecule has 10 heteroatoms. The molecule has 1 atom stereocenters. The molecule has 8 nitrogen and oxygen atoms in total. The minimum absolute atomic E-state index is 0.00496. The largest absolute Gasteiger partial charge is 0.352 e. The van der Waals surface area contributed by atoms with E-state index in [2.05, 4.69) is 20.3 Å². The summed E-state index contributed by atoms with van der Waals surface area (Å²) in [4.78, 5) is 25.9. The summed E-state index contributed by atoms with van der Waals surface area (Å²) in [5.74, 6) is -0.896. The van der Waals surface area contributed by atoms with Gasteiger partial charge in [0.2, 0.25) is 21.8 Å². The molecule has 0 radical (unpaired) electrons. The molecule has 0 bridgehead atoms. The highest BCUT2D eigenvalue weighted by molar-refractivity contribution is 7.89. The Labute approximate surface area is 193 Å². The summed E-state index contributed by atoms with van der Waals surface area (Å²) in [6.07, 6.45) is 1.49. The second kappa shape index (κ2) is 10.9. The third-order valence-electron chi connectivity index (χ3n) is 5.46. The van der Waals surface area contributed by atoms with Crippen LogP contribution in [0.3, 0.4) is 0 Å². The molecule has 1 heterocycles. The average molecular weight is 477 g/mol. The Balaban J connectivity index is 1.47.